The molecule has 1 aromatic heterocycles. The third-order valence-corrected chi connectivity index (χ3v) is 3.30. The lowest BCUT2D eigenvalue weighted by atomic mass is 10.3. The number of hydrogen-bond donors (Lipinski definition) is 2. The topological polar surface area (TPSA) is 96.4 Å². The van der Waals surface area contributed by atoms with Crippen LogP contribution < -0.4 is 4.72 Å². The number of aromatic nitrogens is 1. The Morgan fingerprint density at radius 3 is 2.76 bits per heavy atom. The minimum absolute atomic E-state index is 0.0798. The zero-order valence-electron chi connectivity index (χ0n) is 9.38. The predicted octanol–water partition coefficient (Wildman–Crippen LogP) is 0.997. The number of aliphatic carboxylic acids is 1. The van der Waals surface area contributed by atoms with Crippen molar-refractivity contribution in [1.82, 2.24) is 4.98 Å². The number of aryl methyl sites for hydroxylation is 1. The fourth-order valence-corrected chi connectivity index (χ4v) is 2.28. The number of anilines is 1. The molecule has 0 aliphatic carbocycles. The van der Waals surface area contributed by atoms with Crippen molar-refractivity contribution in [2.45, 2.75) is 19.8 Å². The summed E-state index contributed by atoms with van der Waals surface area (Å²) in [4.78, 5) is 14.3. The Morgan fingerprint density at radius 1 is 1.47 bits per heavy atom. The largest absolute Gasteiger partial charge is 0.481 e. The summed E-state index contributed by atoms with van der Waals surface area (Å²) < 4.78 is 25.4. The molecule has 94 valence electrons. The van der Waals surface area contributed by atoms with E-state index in [0.29, 0.717) is 5.69 Å². The van der Waals surface area contributed by atoms with Crippen molar-refractivity contribution >= 4 is 21.8 Å². The van der Waals surface area contributed by atoms with E-state index in [2.05, 4.69) is 9.71 Å². The predicted molar refractivity (Wildman–Crippen MR) is 63.3 cm³/mol. The second-order valence-corrected chi connectivity index (χ2v) is 5.42. The van der Waals surface area contributed by atoms with Gasteiger partial charge in [-0.05, 0) is 25.5 Å². The fourth-order valence-electron chi connectivity index (χ4n) is 1.22. The molecule has 0 fully saturated rings. The quantitative estimate of drug-likeness (QED) is 0.793. The molecular formula is C10H14N2O4S. The molecule has 7 heteroatoms. The van der Waals surface area contributed by atoms with Crippen LogP contribution >= 0.6 is 0 Å². The van der Waals surface area contributed by atoms with Gasteiger partial charge in [-0.2, -0.15) is 0 Å². The Balaban J connectivity index is 2.57. The van der Waals surface area contributed by atoms with Gasteiger partial charge in [-0.25, -0.2) is 13.4 Å². The monoisotopic (exact) mass is 258 g/mol. The van der Waals surface area contributed by atoms with Gasteiger partial charge in [-0.3, -0.25) is 9.52 Å². The molecule has 1 heterocycles. The lowest BCUT2D eigenvalue weighted by Crippen LogP contribution is -2.18. The highest BCUT2D eigenvalue weighted by atomic mass is 32.2. The summed E-state index contributed by atoms with van der Waals surface area (Å²) in [5, 5.41) is 8.41. The highest BCUT2D eigenvalue weighted by Crippen LogP contribution is 2.07. The van der Waals surface area contributed by atoms with Gasteiger partial charge in [0.2, 0.25) is 10.0 Å². The maximum absolute atomic E-state index is 11.5. The van der Waals surface area contributed by atoms with Crippen molar-refractivity contribution in [2.75, 3.05) is 10.5 Å². The number of carboxylic acid groups (broad SMARTS) is 1. The van der Waals surface area contributed by atoms with E-state index >= 15 is 0 Å². The van der Waals surface area contributed by atoms with E-state index in [9.17, 15) is 13.2 Å². The second kappa shape index (κ2) is 5.62. The maximum Gasteiger partial charge on any atom is 0.303 e. The van der Waals surface area contributed by atoms with Gasteiger partial charge < -0.3 is 5.11 Å². The number of sulfonamides is 1. The first kappa shape index (κ1) is 13.4. The van der Waals surface area contributed by atoms with Crippen LogP contribution in [0.25, 0.3) is 0 Å². The molecule has 0 spiro atoms. The Morgan fingerprint density at radius 2 is 2.18 bits per heavy atom. The van der Waals surface area contributed by atoms with Gasteiger partial charge in [0, 0.05) is 12.1 Å². The first-order chi connectivity index (χ1) is 7.89. The molecule has 6 nitrogen and oxygen atoms in total. The van der Waals surface area contributed by atoms with Crippen molar-refractivity contribution in [2.24, 2.45) is 0 Å². The molecule has 0 aliphatic rings. The van der Waals surface area contributed by atoms with Crippen LogP contribution in [0.5, 0.6) is 0 Å². The van der Waals surface area contributed by atoms with Gasteiger partial charge in [-0.15, -0.1) is 0 Å². The Labute approximate surface area is 99.7 Å². The van der Waals surface area contributed by atoms with Crippen LogP contribution in [0.4, 0.5) is 5.82 Å². The standard InChI is InChI=1S/C10H14N2O4S/c1-8-4-2-5-9(11-8)12-17(15,16)7-3-6-10(13)14/h2,4-5H,3,6-7H2,1H3,(H,11,12)(H,13,14). The average Bonchev–Trinajstić information content (AvgIpc) is 2.15. The molecule has 17 heavy (non-hydrogen) atoms. The highest BCUT2D eigenvalue weighted by molar-refractivity contribution is 7.92. The van der Waals surface area contributed by atoms with E-state index in [1.165, 1.54) is 0 Å². The van der Waals surface area contributed by atoms with Crippen LogP contribution in [0.15, 0.2) is 18.2 Å². The van der Waals surface area contributed by atoms with Crippen molar-refractivity contribution in [3.8, 4) is 0 Å². The number of hydrogen-bond acceptors (Lipinski definition) is 4. The SMILES string of the molecule is Cc1cccc(NS(=O)(=O)CCCC(=O)O)n1. The molecule has 0 saturated carbocycles. The molecule has 0 amide bonds. The summed E-state index contributed by atoms with van der Waals surface area (Å²) in [6.07, 6.45) is -0.0847. The second-order valence-electron chi connectivity index (χ2n) is 3.58. The van der Waals surface area contributed by atoms with Gasteiger partial charge in [0.25, 0.3) is 0 Å². The lowest BCUT2D eigenvalue weighted by molar-refractivity contribution is -0.137. The maximum atomic E-state index is 11.5. The summed E-state index contributed by atoms with van der Waals surface area (Å²) in [5.74, 6) is -0.983. The van der Waals surface area contributed by atoms with Crippen molar-refractivity contribution < 1.29 is 18.3 Å². The lowest BCUT2D eigenvalue weighted by Gasteiger charge is -2.06. The van der Waals surface area contributed by atoms with Gasteiger partial charge in [0.1, 0.15) is 5.82 Å². The molecule has 0 saturated heterocycles. The number of rotatable bonds is 6. The summed E-state index contributed by atoms with van der Waals surface area (Å²) in [6, 6.07) is 4.99. The zero-order chi connectivity index (χ0) is 12.9. The number of pyridine rings is 1. The summed E-state index contributed by atoms with van der Waals surface area (Å²) in [5.41, 5.74) is 0.704. The first-order valence-electron chi connectivity index (χ1n) is 5.05. The highest BCUT2D eigenvalue weighted by Gasteiger charge is 2.11. The van der Waals surface area contributed by atoms with E-state index in [1.807, 2.05) is 0 Å². The van der Waals surface area contributed by atoms with E-state index in [4.69, 9.17) is 5.11 Å². The van der Waals surface area contributed by atoms with Gasteiger partial charge in [0.05, 0.1) is 5.75 Å². The minimum Gasteiger partial charge on any atom is -0.481 e. The van der Waals surface area contributed by atoms with E-state index in [1.54, 1.807) is 25.1 Å². The molecular weight excluding hydrogens is 244 g/mol. The molecule has 0 unspecified atom stereocenters. The third kappa shape index (κ3) is 5.30. The Kier molecular flexibility index (Phi) is 4.45. The van der Waals surface area contributed by atoms with Crippen molar-refractivity contribution in [3.05, 3.63) is 23.9 Å². The van der Waals surface area contributed by atoms with Crippen LogP contribution in [0, 0.1) is 6.92 Å². The van der Waals surface area contributed by atoms with Crippen LogP contribution in [0.2, 0.25) is 0 Å². The first-order valence-corrected chi connectivity index (χ1v) is 6.70. The molecule has 0 aliphatic heterocycles. The molecule has 0 aromatic carbocycles. The molecule has 1 rings (SSSR count). The van der Waals surface area contributed by atoms with Crippen LogP contribution in [0.1, 0.15) is 18.5 Å². The van der Waals surface area contributed by atoms with Crippen molar-refractivity contribution in [1.29, 1.82) is 0 Å². The minimum atomic E-state index is -3.52. The summed E-state index contributed by atoms with van der Waals surface area (Å²) in [7, 11) is -3.52. The zero-order valence-corrected chi connectivity index (χ0v) is 10.2. The van der Waals surface area contributed by atoms with Crippen LogP contribution in [0.3, 0.4) is 0 Å². The number of carboxylic acids is 1. The molecule has 0 bridgehead atoms. The third-order valence-electron chi connectivity index (χ3n) is 1.95. The van der Waals surface area contributed by atoms with E-state index < -0.39 is 16.0 Å². The summed E-state index contributed by atoms with van der Waals surface area (Å²) in [6.45, 7) is 1.75. The number of nitrogens with one attached hydrogen (secondary N) is 1. The smallest absolute Gasteiger partial charge is 0.303 e. The van der Waals surface area contributed by atoms with Gasteiger partial charge in [-0.1, -0.05) is 6.07 Å². The normalized spacial score (nSPS) is 11.1. The Bertz CT molecular complexity index is 499. The summed E-state index contributed by atoms with van der Waals surface area (Å²) >= 11 is 0. The fraction of sp³-hybridized carbons (Fsp3) is 0.400. The van der Waals surface area contributed by atoms with E-state index in [0.717, 1.165) is 0 Å². The Hall–Kier alpha value is -1.63. The molecule has 0 atom stereocenters. The molecule has 1 aromatic rings. The molecule has 2 N–H and O–H groups in total. The van der Waals surface area contributed by atoms with Crippen LogP contribution in [-0.2, 0) is 14.8 Å². The van der Waals surface area contributed by atoms with E-state index in [-0.39, 0.29) is 24.4 Å². The van der Waals surface area contributed by atoms with Gasteiger partial charge in [0.15, 0.2) is 0 Å². The molecule has 0 radical (unpaired) electrons. The van der Waals surface area contributed by atoms with Gasteiger partial charge >= 0.3 is 5.97 Å². The average molecular weight is 258 g/mol. The number of nitrogens with zero attached hydrogens (tertiary/aromatic N) is 1. The van der Waals surface area contributed by atoms with Crippen molar-refractivity contribution in [3.63, 3.8) is 0 Å². The van der Waals surface area contributed by atoms with Crippen LogP contribution in [-0.4, -0.2) is 30.2 Å². The number of carbonyl (C=O) groups is 1.